The molecule has 0 radical (unpaired) electrons. The lowest BCUT2D eigenvalue weighted by atomic mass is 9.96. The van der Waals surface area contributed by atoms with Crippen LogP contribution in [-0.4, -0.2) is 63.4 Å². The van der Waals surface area contributed by atoms with Crippen molar-refractivity contribution >= 4 is 28.7 Å². The van der Waals surface area contributed by atoms with Crippen LogP contribution in [0.2, 0.25) is 0 Å². The predicted molar refractivity (Wildman–Crippen MR) is 160 cm³/mol. The van der Waals surface area contributed by atoms with Crippen molar-refractivity contribution in [2.24, 2.45) is 11.8 Å². The molecule has 3 heterocycles. The molecule has 10 heteroatoms. The number of aromatic nitrogens is 1. The second-order valence-corrected chi connectivity index (χ2v) is 12.5. The quantitative estimate of drug-likeness (QED) is 0.488. The Bertz CT molecular complexity index is 1450. The van der Waals surface area contributed by atoms with E-state index in [9.17, 15) is 24.3 Å². The lowest BCUT2D eigenvalue weighted by Crippen LogP contribution is -2.55. The Kier molecular flexibility index (Phi) is 8.72. The van der Waals surface area contributed by atoms with Crippen molar-refractivity contribution in [2.75, 3.05) is 6.54 Å². The average molecular weight is 592 g/mol. The number of carbonyl (C=O) groups excluding carboxylic acids is 2. The lowest BCUT2D eigenvalue weighted by molar-refractivity contribution is -0.149. The average Bonchev–Trinajstić information content (AvgIpc) is 3.76. The van der Waals surface area contributed by atoms with Gasteiger partial charge in [-0.05, 0) is 74.7 Å². The summed E-state index contributed by atoms with van der Waals surface area (Å²) in [5.74, 6) is -1.01. The SMILES string of the molecule is O=C1N[C@@H](C2CCCC2)C(=O)N2C[C@@H](C[C@H]2C(=O)O)Oc2cc3ccccc3c(=O)n2C/C=C/CCC[C@@H]2CCC[C@H]2O1. The van der Waals surface area contributed by atoms with Gasteiger partial charge in [0.1, 0.15) is 24.3 Å². The Morgan fingerprint density at radius 1 is 0.907 bits per heavy atom. The number of pyridine rings is 1. The lowest BCUT2D eigenvalue weighted by Gasteiger charge is -2.31. The molecule has 2 saturated carbocycles. The molecule has 2 aliphatic carbocycles. The molecule has 1 aromatic heterocycles. The molecule has 43 heavy (non-hydrogen) atoms. The van der Waals surface area contributed by atoms with Gasteiger partial charge in [0.15, 0.2) is 5.88 Å². The summed E-state index contributed by atoms with van der Waals surface area (Å²) in [5, 5.41) is 14.3. The number of nitrogens with zero attached hydrogens (tertiary/aromatic N) is 2. The standard InChI is InChI=1S/C33H41N3O7/c37-30-25-15-7-6-13-23(25)18-28-35(30)17-8-2-1-3-10-21-14-9-16-27(21)43-33(41)34-29(22-11-4-5-12-22)31(38)36-20-24(42-28)19-26(36)32(39)40/h2,6-8,13,15,18,21-22,24,26-27,29H,1,3-5,9-12,14,16-17,19-20H2,(H,34,41)(H,39,40)/b8-2+/t21-,24-,26+,27-,29+/m1/s1. The van der Waals surface area contributed by atoms with Gasteiger partial charge in [0.2, 0.25) is 5.91 Å². The number of carboxylic acids is 1. The molecule has 0 unspecified atom stereocenters. The molecule has 1 aromatic carbocycles. The molecule has 2 amide bonds. The van der Waals surface area contributed by atoms with E-state index in [1.165, 1.54) is 4.90 Å². The van der Waals surface area contributed by atoms with Gasteiger partial charge in [0, 0.05) is 24.4 Å². The number of hydrogen-bond donors (Lipinski definition) is 2. The zero-order valence-corrected chi connectivity index (χ0v) is 24.5. The van der Waals surface area contributed by atoms with Gasteiger partial charge in [-0.3, -0.25) is 14.2 Å². The zero-order valence-electron chi connectivity index (χ0n) is 24.5. The number of ether oxygens (including phenoxy) is 2. The van der Waals surface area contributed by atoms with Crippen molar-refractivity contribution in [1.82, 2.24) is 14.8 Å². The van der Waals surface area contributed by atoms with Gasteiger partial charge in [-0.1, -0.05) is 43.2 Å². The largest absolute Gasteiger partial charge is 0.480 e. The van der Waals surface area contributed by atoms with Crippen LogP contribution in [0.15, 0.2) is 47.3 Å². The highest BCUT2D eigenvalue weighted by molar-refractivity contribution is 5.90. The smallest absolute Gasteiger partial charge is 0.408 e. The molecular weight excluding hydrogens is 550 g/mol. The van der Waals surface area contributed by atoms with Gasteiger partial charge >= 0.3 is 12.1 Å². The molecule has 2 aliphatic heterocycles. The number of fused-ring (bicyclic) bond motifs is 5. The second-order valence-electron chi connectivity index (χ2n) is 12.5. The maximum absolute atomic E-state index is 14.1. The van der Waals surface area contributed by atoms with Gasteiger partial charge in [0.25, 0.3) is 5.56 Å². The van der Waals surface area contributed by atoms with Crippen molar-refractivity contribution in [3.63, 3.8) is 0 Å². The summed E-state index contributed by atoms with van der Waals surface area (Å²) in [6.45, 7) is 0.353. The number of hydrogen-bond acceptors (Lipinski definition) is 6. The van der Waals surface area contributed by atoms with Gasteiger partial charge in [-0.25, -0.2) is 9.59 Å². The minimum atomic E-state index is -1.12. The number of carbonyl (C=O) groups is 3. The molecule has 6 rings (SSSR count). The normalized spacial score (nSPS) is 29.9. The Hall–Kier alpha value is -3.82. The third-order valence-corrected chi connectivity index (χ3v) is 9.76. The van der Waals surface area contributed by atoms with E-state index in [2.05, 4.69) is 11.4 Å². The summed E-state index contributed by atoms with van der Waals surface area (Å²) in [5.41, 5.74) is -0.181. The van der Waals surface area contributed by atoms with Crippen LogP contribution in [-0.2, 0) is 20.9 Å². The van der Waals surface area contributed by atoms with Gasteiger partial charge in [-0.15, -0.1) is 0 Å². The van der Waals surface area contributed by atoms with E-state index in [0.717, 1.165) is 69.6 Å². The predicted octanol–water partition coefficient (Wildman–Crippen LogP) is 4.63. The van der Waals surface area contributed by atoms with E-state index in [1.54, 1.807) is 10.6 Å². The fourth-order valence-corrected chi connectivity index (χ4v) is 7.51. The van der Waals surface area contributed by atoms with Crippen LogP contribution in [0.1, 0.15) is 70.6 Å². The molecule has 0 spiro atoms. The molecule has 2 N–H and O–H groups in total. The second kappa shape index (κ2) is 12.8. The Balaban J connectivity index is 1.35. The van der Waals surface area contributed by atoms with Crippen LogP contribution < -0.4 is 15.6 Å². The highest BCUT2D eigenvalue weighted by atomic mass is 16.6. The van der Waals surface area contributed by atoms with Crippen LogP contribution >= 0.6 is 0 Å². The van der Waals surface area contributed by atoms with Crippen LogP contribution in [0.4, 0.5) is 4.79 Å². The topological polar surface area (TPSA) is 127 Å². The first-order chi connectivity index (χ1) is 20.9. The highest BCUT2D eigenvalue weighted by Crippen LogP contribution is 2.34. The number of alkyl carbamates (subject to hydrolysis) is 1. The molecule has 2 aromatic rings. The fourth-order valence-electron chi connectivity index (χ4n) is 7.51. The minimum absolute atomic E-state index is 0.0390. The van der Waals surface area contributed by atoms with Crippen LogP contribution in [0.5, 0.6) is 5.88 Å². The van der Waals surface area contributed by atoms with Crippen LogP contribution in [0.3, 0.4) is 0 Å². The fraction of sp³-hybridized carbons (Fsp3) is 0.576. The molecule has 2 bridgehead atoms. The molecule has 5 atom stereocenters. The van der Waals surface area contributed by atoms with Gasteiger partial charge in [0.05, 0.1) is 6.54 Å². The number of amides is 2. The molecule has 230 valence electrons. The van der Waals surface area contributed by atoms with E-state index in [-0.39, 0.29) is 36.5 Å². The Morgan fingerprint density at radius 2 is 1.67 bits per heavy atom. The summed E-state index contributed by atoms with van der Waals surface area (Å²) in [7, 11) is 0. The highest BCUT2D eigenvalue weighted by Gasteiger charge is 2.46. The van der Waals surface area contributed by atoms with Gasteiger partial charge < -0.3 is 24.8 Å². The number of carboxylic acid groups (broad SMARTS) is 1. The summed E-state index contributed by atoms with van der Waals surface area (Å²) in [6.07, 6.45) is 11.6. The first-order valence-corrected chi connectivity index (χ1v) is 15.8. The van der Waals surface area contributed by atoms with Crippen molar-refractivity contribution < 1.29 is 29.0 Å². The Labute approximate surface area is 251 Å². The third kappa shape index (κ3) is 6.28. The first kappa shape index (κ1) is 29.3. The third-order valence-electron chi connectivity index (χ3n) is 9.76. The summed E-state index contributed by atoms with van der Waals surface area (Å²) in [6, 6.07) is 7.17. The van der Waals surface area contributed by atoms with Crippen LogP contribution in [0.25, 0.3) is 10.8 Å². The number of aliphatic carboxylic acids is 1. The zero-order chi connectivity index (χ0) is 29.9. The molecular formula is C33H41N3O7. The van der Waals surface area contributed by atoms with E-state index in [1.807, 2.05) is 30.3 Å². The maximum atomic E-state index is 14.1. The number of rotatable bonds is 2. The summed E-state index contributed by atoms with van der Waals surface area (Å²) >= 11 is 0. The molecule has 1 saturated heterocycles. The summed E-state index contributed by atoms with van der Waals surface area (Å²) < 4.78 is 13.8. The molecule has 4 aliphatic rings. The van der Waals surface area contributed by atoms with E-state index < -0.39 is 36.2 Å². The first-order valence-electron chi connectivity index (χ1n) is 15.8. The van der Waals surface area contributed by atoms with Crippen molar-refractivity contribution in [3.8, 4) is 5.88 Å². The van der Waals surface area contributed by atoms with E-state index in [0.29, 0.717) is 17.8 Å². The van der Waals surface area contributed by atoms with Crippen molar-refractivity contribution in [2.45, 2.75) is 101 Å². The number of nitrogens with one attached hydrogen (secondary N) is 1. The van der Waals surface area contributed by atoms with E-state index in [4.69, 9.17) is 9.47 Å². The van der Waals surface area contributed by atoms with Crippen molar-refractivity contribution in [1.29, 1.82) is 0 Å². The number of benzene rings is 1. The maximum Gasteiger partial charge on any atom is 0.408 e. The minimum Gasteiger partial charge on any atom is -0.480 e. The Morgan fingerprint density at radius 3 is 2.49 bits per heavy atom. The molecule has 3 fully saturated rings. The van der Waals surface area contributed by atoms with E-state index >= 15 is 0 Å². The van der Waals surface area contributed by atoms with Crippen LogP contribution in [0, 0.1) is 11.8 Å². The monoisotopic (exact) mass is 591 g/mol. The van der Waals surface area contributed by atoms with Crippen molar-refractivity contribution in [3.05, 3.63) is 52.8 Å². The number of allylic oxidation sites excluding steroid dienone is 2. The molecule has 10 nitrogen and oxygen atoms in total. The summed E-state index contributed by atoms with van der Waals surface area (Å²) in [4.78, 5) is 54.5. The van der Waals surface area contributed by atoms with Gasteiger partial charge in [-0.2, -0.15) is 0 Å².